The van der Waals surface area contributed by atoms with Gasteiger partial charge in [-0.1, -0.05) is 36.4 Å². The van der Waals surface area contributed by atoms with Crippen molar-refractivity contribution in [3.05, 3.63) is 71.9 Å². The van der Waals surface area contributed by atoms with Gasteiger partial charge in [0.25, 0.3) is 5.91 Å². The van der Waals surface area contributed by atoms with Crippen LogP contribution in [0.15, 0.2) is 60.8 Å². The second kappa shape index (κ2) is 9.03. The number of anilines is 1. The molecule has 3 rings (SSSR count). The summed E-state index contributed by atoms with van der Waals surface area (Å²) in [5.74, 6) is -0.295. The van der Waals surface area contributed by atoms with Crippen LogP contribution in [0.4, 0.5) is 5.69 Å². The summed E-state index contributed by atoms with van der Waals surface area (Å²) in [6.07, 6.45) is 0.825. The predicted octanol–water partition coefficient (Wildman–Crippen LogP) is 2.27. The molecule has 29 heavy (non-hydrogen) atoms. The number of rotatable bonds is 8. The van der Waals surface area contributed by atoms with E-state index in [0.29, 0.717) is 30.1 Å². The fourth-order valence-electron chi connectivity index (χ4n) is 2.83. The van der Waals surface area contributed by atoms with Crippen molar-refractivity contribution >= 4 is 17.4 Å². The van der Waals surface area contributed by atoms with Crippen LogP contribution < -0.4 is 16.8 Å². The van der Waals surface area contributed by atoms with Crippen LogP contribution in [0.1, 0.15) is 24.3 Å². The highest BCUT2D eigenvalue weighted by atomic mass is 16.5. The summed E-state index contributed by atoms with van der Waals surface area (Å²) < 4.78 is 7.12. The van der Waals surface area contributed by atoms with E-state index in [1.54, 1.807) is 24.4 Å². The van der Waals surface area contributed by atoms with Crippen molar-refractivity contribution in [2.45, 2.75) is 19.7 Å². The molecule has 1 heterocycles. The van der Waals surface area contributed by atoms with Gasteiger partial charge in [-0.2, -0.15) is 5.10 Å². The quantitative estimate of drug-likeness (QED) is 0.265. The number of nitrogens with zero attached hydrogens (tertiary/aromatic N) is 2. The van der Waals surface area contributed by atoms with E-state index >= 15 is 0 Å². The molecule has 0 fully saturated rings. The Morgan fingerprint density at radius 3 is 2.66 bits per heavy atom. The molecule has 150 valence electrons. The van der Waals surface area contributed by atoms with E-state index in [-0.39, 0.29) is 11.7 Å². The number of hydrogen-bond donors (Lipinski definition) is 4. The monoisotopic (exact) mass is 392 g/mol. The van der Waals surface area contributed by atoms with E-state index in [4.69, 9.17) is 21.6 Å². The van der Waals surface area contributed by atoms with Gasteiger partial charge in [-0.05, 0) is 30.7 Å². The lowest BCUT2D eigenvalue weighted by Gasteiger charge is -2.17. The standard InChI is InChI=1S/C21H24N6O2/c1-2-29-21(20(28)25-13-14-6-8-15(9-7-14)19(23)24)27-11-10-18(26-27)16-4-3-5-17(22)12-16/h3-12,21H,2,13,22H2,1H3,(H3,23,24)(H,25,28)/t21-/m0/s1. The van der Waals surface area contributed by atoms with Crippen molar-refractivity contribution in [3.63, 3.8) is 0 Å². The second-order valence-corrected chi connectivity index (χ2v) is 6.44. The predicted molar refractivity (Wildman–Crippen MR) is 112 cm³/mol. The molecule has 1 amide bonds. The molecule has 2 aromatic carbocycles. The van der Waals surface area contributed by atoms with Crippen LogP contribution in [0.3, 0.4) is 0 Å². The SMILES string of the molecule is CCO[C@@H](C(=O)NCc1ccc(C(=N)N)cc1)n1ccc(-c2cccc(N)c2)n1. The van der Waals surface area contributed by atoms with Crippen molar-refractivity contribution in [1.29, 1.82) is 5.41 Å². The topological polar surface area (TPSA) is 132 Å². The Hall–Kier alpha value is -3.65. The Morgan fingerprint density at radius 1 is 1.24 bits per heavy atom. The normalized spacial score (nSPS) is 11.8. The van der Waals surface area contributed by atoms with Gasteiger partial charge in [0.15, 0.2) is 0 Å². The lowest BCUT2D eigenvalue weighted by Crippen LogP contribution is -2.34. The van der Waals surface area contributed by atoms with Crippen LogP contribution in [0.5, 0.6) is 0 Å². The first-order chi connectivity index (χ1) is 14.0. The molecular formula is C21H24N6O2. The Balaban J connectivity index is 1.70. The van der Waals surface area contributed by atoms with Crippen molar-refractivity contribution in [1.82, 2.24) is 15.1 Å². The van der Waals surface area contributed by atoms with E-state index in [1.807, 2.05) is 43.3 Å². The highest BCUT2D eigenvalue weighted by molar-refractivity contribution is 5.94. The molecule has 0 aliphatic carbocycles. The maximum absolute atomic E-state index is 12.7. The number of amides is 1. The molecule has 0 radical (unpaired) electrons. The van der Waals surface area contributed by atoms with Gasteiger partial charge in [-0.3, -0.25) is 10.2 Å². The van der Waals surface area contributed by atoms with Gasteiger partial charge in [0.2, 0.25) is 6.23 Å². The van der Waals surface area contributed by atoms with E-state index < -0.39 is 6.23 Å². The van der Waals surface area contributed by atoms with E-state index in [2.05, 4.69) is 10.4 Å². The van der Waals surface area contributed by atoms with Crippen molar-refractivity contribution in [2.24, 2.45) is 5.73 Å². The number of nitrogens with one attached hydrogen (secondary N) is 2. The number of carbonyl (C=O) groups is 1. The largest absolute Gasteiger partial charge is 0.399 e. The van der Waals surface area contributed by atoms with Gasteiger partial charge >= 0.3 is 0 Å². The molecule has 1 atom stereocenters. The first kappa shape index (κ1) is 20.1. The average molecular weight is 392 g/mol. The minimum atomic E-state index is -0.883. The summed E-state index contributed by atoms with van der Waals surface area (Å²) in [5.41, 5.74) is 15.0. The fraction of sp³-hybridized carbons (Fsp3) is 0.190. The molecule has 0 unspecified atom stereocenters. The smallest absolute Gasteiger partial charge is 0.272 e. The van der Waals surface area contributed by atoms with E-state index in [9.17, 15) is 4.79 Å². The van der Waals surface area contributed by atoms with Crippen LogP contribution in [0.25, 0.3) is 11.3 Å². The van der Waals surface area contributed by atoms with Crippen LogP contribution >= 0.6 is 0 Å². The molecule has 0 bridgehead atoms. The van der Waals surface area contributed by atoms with Gasteiger partial charge in [-0.15, -0.1) is 0 Å². The van der Waals surface area contributed by atoms with Gasteiger partial charge in [-0.25, -0.2) is 4.68 Å². The number of aromatic nitrogens is 2. The molecule has 3 aromatic rings. The molecule has 8 heteroatoms. The summed E-state index contributed by atoms with van der Waals surface area (Å²) in [4.78, 5) is 12.7. The molecule has 8 nitrogen and oxygen atoms in total. The van der Waals surface area contributed by atoms with Crippen LogP contribution in [-0.4, -0.2) is 28.1 Å². The highest BCUT2D eigenvalue weighted by Crippen LogP contribution is 2.21. The molecule has 0 saturated carbocycles. The van der Waals surface area contributed by atoms with Crippen LogP contribution in [0, 0.1) is 5.41 Å². The Bertz CT molecular complexity index is 996. The number of amidine groups is 1. The molecule has 1 aromatic heterocycles. The molecule has 0 spiro atoms. The Labute approximate surface area is 169 Å². The molecule has 0 aliphatic rings. The Morgan fingerprint density at radius 2 is 2.00 bits per heavy atom. The second-order valence-electron chi connectivity index (χ2n) is 6.44. The lowest BCUT2D eigenvalue weighted by atomic mass is 10.1. The van der Waals surface area contributed by atoms with Crippen molar-refractivity contribution in [3.8, 4) is 11.3 Å². The number of nitrogens with two attached hydrogens (primary N) is 2. The fourth-order valence-corrected chi connectivity index (χ4v) is 2.83. The molecular weight excluding hydrogens is 368 g/mol. The molecule has 0 saturated heterocycles. The van der Waals surface area contributed by atoms with Gasteiger partial charge in [0.1, 0.15) is 5.84 Å². The lowest BCUT2D eigenvalue weighted by molar-refractivity contribution is -0.139. The zero-order valence-corrected chi connectivity index (χ0v) is 16.1. The van der Waals surface area contributed by atoms with E-state index in [0.717, 1.165) is 11.1 Å². The number of carbonyl (C=O) groups excluding carboxylic acids is 1. The zero-order chi connectivity index (χ0) is 20.8. The number of benzene rings is 2. The summed E-state index contributed by atoms with van der Waals surface area (Å²) in [7, 11) is 0. The first-order valence-corrected chi connectivity index (χ1v) is 9.21. The van der Waals surface area contributed by atoms with Gasteiger partial charge < -0.3 is 21.5 Å². The number of hydrogen-bond acceptors (Lipinski definition) is 5. The number of nitrogen functional groups attached to an aromatic ring is 2. The van der Waals surface area contributed by atoms with Gasteiger partial charge in [0.05, 0.1) is 5.69 Å². The third-order valence-corrected chi connectivity index (χ3v) is 4.31. The summed E-state index contributed by atoms with van der Waals surface area (Å²) in [6, 6.07) is 16.3. The molecule has 6 N–H and O–H groups in total. The molecule has 0 aliphatic heterocycles. The maximum Gasteiger partial charge on any atom is 0.272 e. The van der Waals surface area contributed by atoms with Gasteiger partial charge in [0, 0.05) is 36.2 Å². The number of ether oxygens (including phenoxy) is 1. The average Bonchev–Trinajstić information content (AvgIpc) is 3.20. The maximum atomic E-state index is 12.7. The van der Waals surface area contributed by atoms with Crippen molar-refractivity contribution < 1.29 is 9.53 Å². The third-order valence-electron chi connectivity index (χ3n) is 4.31. The summed E-state index contributed by atoms with van der Waals surface area (Å²) in [6.45, 7) is 2.51. The van der Waals surface area contributed by atoms with Crippen LogP contribution in [-0.2, 0) is 16.1 Å². The van der Waals surface area contributed by atoms with E-state index in [1.165, 1.54) is 4.68 Å². The first-order valence-electron chi connectivity index (χ1n) is 9.21. The minimum absolute atomic E-state index is 0.00616. The van der Waals surface area contributed by atoms with Crippen molar-refractivity contribution in [2.75, 3.05) is 12.3 Å². The summed E-state index contributed by atoms with van der Waals surface area (Å²) in [5, 5.41) is 14.8. The minimum Gasteiger partial charge on any atom is -0.399 e. The highest BCUT2D eigenvalue weighted by Gasteiger charge is 2.21. The summed E-state index contributed by atoms with van der Waals surface area (Å²) >= 11 is 0. The third kappa shape index (κ3) is 4.99. The Kier molecular flexibility index (Phi) is 6.25. The van der Waals surface area contributed by atoms with Crippen LogP contribution in [0.2, 0.25) is 0 Å². The zero-order valence-electron chi connectivity index (χ0n) is 16.1.